The van der Waals surface area contributed by atoms with E-state index >= 15 is 0 Å². The van der Waals surface area contributed by atoms with Crippen LogP contribution in [0.5, 0.6) is 0 Å². The van der Waals surface area contributed by atoms with Crippen LogP contribution in [0.3, 0.4) is 0 Å². The fourth-order valence-corrected chi connectivity index (χ4v) is 2.40. The van der Waals surface area contributed by atoms with Gasteiger partial charge < -0.3 is 0 Å². The van der Waals surface area contributed by atoms with E-state index < -0.39 is 35.4 Å². The first-order valence-electron chi connectivity index (χ1n) is 5.95. The van der Waals surface area contributed by atoms with Crippen LogP contribution >= 0.6 is 15.9 Å². The number of aliphatic imine (C=N–C) groups is 1. The molecule has 1 aromatic carbocycles. The molecular weight excluding hydrogens is 364 g/mol. The number of hydrogen-bond donors (Lipinski definition) is 0. The third-order valence-electron chi connectivity index (χ3n) is 3.13. The summed E-state index contributed by atoms with van der Waals surface area (Å²) in [5.41, 5.74) is 0.364. The summed E-state index contributed by atoms with van der Waals surface area (Å²) in [6.45, 7) is 1.66. The summed E-state index contributed by atoms with van der Waals surface area (Å²) >= 11 is 3.14. The first kappa shape index (κ1) is 14.5. The molecule has 0 N–H and O–H groups in total. The number of anilines is 1. The molecule has 9 heteroatoms. The summed E-state index contributed by atoms with van der Waals surface area (Å²) in [5, 5.41) is 0. The number of rotatable bonds is 1. The summed E-state index contributed by atoms with van der Waals surface area (Å²) in [4.78, 5) is 39.3. The molecule has 0 aliphatic carbocycles. The van der Waals surface area contributed by atoms with Crippen LogP contribution in [0.1, 0.15) is 5.56 Å². The van der Waals surface area contributed by atoms with Gasteiger partial charge in [0.1, 0.15) is 5.82 Å². The van der Waals surface area contributed by atoms with Gasteiger partial charge >= 0.3 is 11.8 Å². The minimum absolute atomic E-state index is 0.235. The van der Waals surface area contributed by atoms with Crippen LogP contribution in [0.4, 0.5) is 14.5 Å². The van der Waals surface area contributed by atoms with Gasteiger partial charge in [-0.15, -0.1) is 0 Å². The van der Waals surface area contributed by atoms with Gasteiger partial charge in [-0.05, 0) is 24.6 Å². The van der Waals surface area contributed by atoms with Crippen molar-refractivity contribution in [2.75, 3.05) is 4.90 Å². The highest BCUT2D eigenvalue weighted by Gasteiger charge is 2.45. The molecule has 2 aliphatic rings. The van der Waals surface area contributed by atoms with Crippen molar-refractivity contribution in [3.63, 3.8) is 0 Å². The Kier molecular flexibility index (Phi) is 3.17. The lowest BCUT2D eigenvalue weighted by Gasteiger charge is -2.29. The average Bonchev–Trinajstić information content (AvgIpc) is 2.71. The van der Waals surface area contributed by atoms with Crippen molar-refractivity contribution in [1.82, 2.24) is 4.90 Å². The van der Waals surface area contributed by atoms with Gasteiger partial charge in [-0.3, -0.25) is 14.4 Å². The molecule has 1 aromatic rings. The van der Waals surface area contributed by atoms with Crippen LogP contribution in [-0.4, -0.2) is 28.6 Å². The van der Waals surface area contributed by atoms with Gasteiger partial charge in [-0.25, -0.2) is 14.2 Å². The van der Waals surface area contributed by atoms with Crippen LogP contribution < -0.4 is 4.90 Å². The van der Waals surface area contributed by atoms with Crippen molar-refractivity contribution >= 4 is 45.3 Å². The fraction of sp³-hybridized carbons (Fsp3) is 0.0769. The molecule has 112 valence electrons. The first-order chi connectivity index (χ1) is 10.3. The summed E-state index contributed by atoms with van der Waals surface area (Å²) in [6.07, 6.45) is 0.492. The van der Waals surface area contributed by atoms with Gasteiger partial charge in [0, 0.05) is 4.47 Å². The zero-order valence-corrected chi connectivity index (χ0v) is 12.5. The number of guanidine groups is 1. The van der Waals surface area contributed by atoms with Crippen molar-refractivity contribution in [2.24, 2.45) is 4.99 Å². The Balaban J connectivity index is 2.21. The zero-order chi connectivity index (χ0) is 16.2. The van der Waals surface area contributed by atoms with Crippen molar-refractivity contribution in [3.05, 3.63) is 40.0 Å². The summed E-state index contributed by atoms with van der Waals surface area (Å²) in [5.74, 6) is -6.01. The highest BCUT2D eigenvalue weighted by molar-refractivity contribution is 9.10. The number of nitrogens with zero attached hydrogens (tertiary/aromatic N) is 3. The van der Waals surface area contributed by atoms with Crippen molar-refractivity contribution in [1.29, 1.82) is 0 Å². The zero-order valence-electron chi connectivity index (χ0n) is 10.9. The van der Waals surface area contributed by atoms with E-state index in [0.717, 1.165) is 6.07 Å². The number of benzene rings is 1. The fourth-order valence-electron chi connectivity index (χ4n) is 2.09. The van der Waals surface area contributed by atoms with E-state index in [1.807, 2.05) is 0 Å². The van der Waals surface area contributed by atoms with Crippen LogP contribution in [0.2, 0.25) is 0 Å². The number of halogens is 3. The summed E-state index contributed by atoms with van der Waals surface area (Å²) < 4.78 is 28.4. The van der Waals surface area contributed by atoms with Gasteiger partial charge in [0.15, 0.2) is 0 Å². The molecule has 0 aromatic heterocycles. The van der Waals surface area contributed by atoms with Gasteiger partial charge in [0.2, 0.25) is 11.9 Å². The molecule has 6 nitrogen and oxygen atoms in total. The Morgan fingerprint density at radius 3 is 2.50 bits per heavy atom. The molecule has 3 rings (SSSR count). The van der Waals surface area contributed by atoms with E-state index in [1.165, 1.54) is 6.07 Å². The van der Waals surface area contributed by atoms with E-state index in [9.17, 15) is 23.2 Å². The molecule has 0 unspecified atom stereocenters. The van der Waals surface area contributed by atoms with Crippen molar-refractivity contribution in [3.8, 4) is 0 Å². The Labute approximate surface area is 130 Å². The minimum Gasteiger partial charge on any atom is -0.269 e. The molecule has 22 heavy (non-hydrogen) atoms. The van der Waals surface area contributed by atoms with Crippen LogP contribution in [-0.2, 0) is 14.4 Å². The number of hydrogen-bond acceptors (Lipinski definition) is 3. The topological polar surface area (TPSA) is 70.1 Å². The average molecular weight is 370 g/mol. The summed E-state index contributed by atoms with van der Waals surface area (Å²) in [7, 11) is 0. The summed E-state index contributed by atoms with van der Waals surface area (Å²) in [6, 6.07) is 2.44. The number of amides is 3. The second-order valence-corrected chi connectivity index (χ2v) is 5.41. The highest BCUT2D eigenvalue weighted by atomic mass is 79.9. The second-order valence-electron chi connectivity index (χ2n) is 4.55. The van der Waals surface area contributed by atoms with Crippen LogP contribution in [0.15, 0.2) is 33.6 Å². The molecule has 0 saturated carbocycles. The number of carbonyl (C=O) groups excluding carboxylic acids is 3. The molecule has 0 saturated heterocycles. The molecule has 0 spiro atoms. The molecule has 0 radical (unpaired) electrons. The van der Waals surface area contributed by atoms with Crippen molar-refractivity contribution in [2.45, 2.75) is 6.92 Å². The molecule has 0 atom stereocenters. The van der Waals surface area contributed by atoms with Crippen molar-refractivity contribution < 1.29 is 23.2 Å². The lowest BCUT2D eigenvalue weighted by Crippen LogP contribution is -2.49. The van der Waals surface area contributed by atoms with Gasteiger partial charge in [0.05, 0.1) is 11.8 Å². The normalized spacial score (nSPS) is 17.7. The number of carbonyl (C=O) groups is 3. The second kappa shape index (κ2) is 4.80. The maximum Gasteiger partial charge on any atom is 0.339 e. The standard InChI is InChI=1S/C13H6BrF2N3O3/c1-5-2-8(7(15)3-6(5)14)18-10(20)4-9(16)19-12(22)11(21)17-13(18)19/h2-4H,1H3. The highest BCUT2D eigenvalue weighted by Crippen LogP contribution is 2.32. The lowest BCUT2D eigenvalue weighted by molar-refractivity contribution is -0.139. The molecule has 2 aliphatic heterocycles. The van der Waals surface area contributed by atoms with Crippen LogP contribution in [0.25, 0.3) is 0 Å². The van der Waals surface area contributed by atoms with Gasteiger partial charge in [0.25, 0.3) is 5.91 Å². The largest absolute Gasteiger partial charge is 0.339 e. The molecular formula is C13H6BrF2N3O3. The van der Waals surface area contributed by atoms with Gasteiger partial charge in [-0.2, -0.15) is 9.38 Å². The number of fused-ring (bicyclic) bond motifs is 1. The van der Waals surface area contributed by atoms with E-state index in [-0.39, 0.29) is 5.69 Å². The Morgan fingerprint density at radius 2 is 1.82 bits per heavy atom. The SMILES string of the molecule is Cc1cc(N2C(=O)C=C(F)N3C(=O)C(=O)N=C32)c(F)cc1Br. The Hall–Kier alpha value is -2.42. The predicted molar refractivity (Wildman–Crippen MR) is 74.8 cm³/mol. The Bertz CT molecular complexity index is 819. The van der Waals surface area contributed by atoms with E-state index in [2.05, 4.69) is 20.9 Å². The Morgan fingerprint density at radius 1 is 1.14 bits per heavy atom. The third kappa shape index (κ3) is 1.97. The molecule has 2 heterocycles. The molecule has 0 fully saturated rings. The van der Waals surface area contributed by atoms with Crippen LogP contribution in [0, 0.1) is 12.7 Å². The maximum absolute atomic E-state index is 14.2. The minimum atomic E-state index is -1.24. The monoisotopic (exact) mass is 369 g/mol. The first-order valence-corrected chi connectivity index (χ1v) is 6.74. The molecule has 0 bridgehead atoms. The molecule has 3 amide bonds. The maximum atomic E-state index is 14.2. The van der Waals surface area contributed by atoms with E-state index in [1.54, 1.807) is 6.92 Å². The van der Waals surface area contributed by atoms with Gasteiger partial charge in [-0.1, -0.05) is 15.9 Å². The van der Waals surface area contributed by atoms with E-state index in [4.69, 9.17) is 0 Å². The quantitative estimate of drug-likeness (QED) is 0.559. The third-order valence-corrected chi connectivity index (χ3v) is 3.99. The van der Waals surface area contributed by atoms with E-state index in [0.29, 0.717) is 25.9 Å². The number of aryl methyl sites for hydroxylation is 1. The lowest BCUT2D eigenvalue weighted by atomic mass is 10.2. The smallest absolute Gasteiger partial charge is 0.269 e. The predicted octanol–water partition coefficient (Wildman–Crippen LogP) is 1.78.